The predicted molar refractivity (Wildman–Crippen MR) is 198 cm³/mol. The van der Waals surface area contributed by atoms with Crippen molar-refractivity contribution >= 4 is 19.8 Å². The fraction of sp³-hybridized carbons (Fsp3) is 0.789. The molecule has 49 heavy (non-hydrogen) atoms. The molecule has 0 aromatic carbocycles. The molecule has 0 spiro atoms. The summed E-state index contributed by atoms with van der Waals surface area (Å²) >= 11 is 0. The van der Waals surface area contributed by atoms with Crippen LogP contribution in [0.5, 0.6) is 0 Å². The number of carbonyl (C=O) groups excluding carboxylic acids is 2. The van der Waals surface area contributed by atoms with Gasteiger partial charge in [-0.3, -0.25) is 18.6 Å². The molecule has 4 N–H and O–H groups in total. The lowest BCUT2D eigenvalue weighted by atomic mass is 10.0. The van der Waals surface area contributed by atoms with Gasteiger partial charge in [0.15, 0.2) is 6.10 Å². The van der Waals surface area contributed by atoms with Gasteiger partial charge in [0.25, 0.3) is 0 Å². The fourth-order valence-electron chi connectivity index (χ4n) is 5.05. The minimum atomic E-state index is -4.39. The number of nitrogens with two attached hydrogens (primary N) is 1. The summed E-state index contributed by atoms with van der Waals surface area (Å²) in [6.45, 7) is 3.47. The van der Waals surface area contributed by atoms with Gasteiger partial charge in [-0.15, -0.1) is 0 Å². The standard InChI is InChI=1S/C38H70NO9P/c1-3-5-7-9-11-12-13-14-15-17-21-26-30-38(42)48-36(34-47-49(43,44)46-32-31-39)33-45-37(41)29-25-22-18-20-24-28-35(40)27-23-19-16-10-8-6-4-2/h6,8,16,19,23,27,35-36,40H,3-5,7,9-15,17-18,20-22,24-26,28-34,39H2,1-2H3,(H,43,44)/b8-6+,19-16+,27-23+/t35?,36-/m1/s1. The Morgan fingerprint density at radius 3 is 1.88 bits per heavy atom. The maximum absolute atomic E-state index is 12.5. The highest BCUT2D eigenvalue weighted by atomic mass is 31.2. The summed E-state index contributed by atoms with van der Waals surface area (Å²) in [7, 11) is -4.39. The van der Waals surface area contributed by atoms with Crippen molar-refractivity contribution in [3.8, 4) is 0 Å². The molecule has 0 rings (SSSR count). The van der Waals surface area contributed by atoms with Crippen molar-refractivity contribution in [2.75, 3.05) is 26.4 Å². The van der Waals surface area contributed by atoms with Crippen molar-refractivity contribution in [3.05, 3.63) is 36.5 Å². The number of unbranched alkanes of at least 4 members (excludes halogenated alkanes) is 15. The molecule has 2 unspecified atom stereocenters. The molecule has 0 radical (unpaired) electrons. The summed E-state index contributed by atoms with van der Waals surface area (Å²) in [5.41, 5.74) is 5.32. The Hall–Kier alpha value is -1.81. The van der Waals surface area contributed by atoms with E-state index in [0.717, 1.165) is 57.8 Å². The van der Waals surface area contributed by atoms with Gasteiger partial charge in [-0.25, -0.2) is 4.57 Å². The molecule has 0 aliphatic carbocycles. The van der Waals surface area contributed by atoms with E-state index >= 15 is 0 Å². The third kappa shape index (κ3) is 34.4. The lowest BCUT2D eigenvalue weighted by Gasteiger charge is -2.19. The summed E-state index contributed by atoms with van der Waals surface area (Å²) < 4.78 is 32.6. The lowest BCUT2D eigenvalue weighted by molar-refractivity contribution is -0.161. The van der Waals surface area contributed by atoms with E-state index in [-0.39, 0.29) is 32.6 Å². The highest BCUT2D eigenvalue weighted by Crippen LogP contribution is 2.43. The van der Waals surface area contributed by atoms with Crippen molar-refractivity contribution in [3.63, 3.8) is 0 Å². The number of esters is 2. The number of phosphoric ester groups is 1. The van der Waals surface area contributed by atoms with Crippen molar-refractivity contribution in [1.29, 1.82) is 0 Å². The topological polar surface area (TPSA) is 155 Å². The Morgan fingerprint density at radius 2 is 1.29 bits per heavy atom. The lowest BCUT2D eigenvalue weighted by Crippen LogP contribution is -2.29. The maximum atomic E-state index is 12.5. The smallest absolute Gasteiger partial charge is 0.462 e. The quantitative estimate of drug-likeness (QED) is 0.0190. The van der Waals surface area contributed by atoms with E-state index in [1.165, 1.54) is 51.4 Å². The van der Waals surface area contributed by atoms with Gasteiger partial charge < -0.3 is 25.2 Å². The number of aliphatic hydroxyl groups excluding tert-OH is 1. The van der Waals surface area contributed by atoms with E-state index < -0.39 is 38.6 Å². The van der Waals surface area contributed by atoms with Gasteiger partial charge in [0.2, 0.25) is 0 Å². The number of carbonyl (C=O) groups is 2. The summed E-state index contributed by atoms with van der Waals surface area (Å²) in [4.78, 5) is 34.7. The molecule has 10 nitrogen and oxygen atoms in total. The van der Waals surface area contributed by atoms with E-state index in [1.807, 2.05) is 12.2 Å². The molecule has 0 saturated carbocycles. The van der Waals surface area contributed by atoms with Gasteiger partial charge >= 0.3 is 19.8 Å². The van der Waals surface area contributed by atoms with Crippen LogP contribution in [0, 0.1) is 0 Å². The van der Waals surface area contributed by atoms with E-state index in [0.29, 0.717) is 19.3 Å². The van der Waals surface area contributed by atoms with Gasteiger partial charge in [-0.05, 0) is 32.1 Å². The van der Waals surface area contributed by atoms with Crippen LogP contribution >= 0.6 is 7.82 Å². The monoisotopic (exact) mass is 715 g/mol. The zero-order valence-electron chi connectivity index (χ0n) is 30.8. The van der Waals surface area contributed by atoms with Crippen molar-refractivity contribution < 1.29 is 42.7 Å². The molecule has 0 aromatic heterocycles. The van der Waals surface area contributed by atoms with E-state index in [4.69, 9.17) is 24.3 Å². The summed E-state index contributed by atoms with van der Waals surface area (Å²) in [5.74, 6) is -0.906. The zero-order chi connectivity index (χ0) is 36.3. The number of allylic oxidation sites excluding steroid dienone is 5. The first-order valence-electron chi connectivity index (χ1n) is 19.1. The first-order chi connectivity index (χ1) is 23.7. The first kappa shape index (κ1) is 47.2. The SMILES string of the molecule is CC/C=C/C/C=C/C=C/C(O)CCCCCCCC(=O)OC[C@H](COP(=O)(O)OCCN)OC(=O)CCCCCCCCCCCCCC. The second kappa shape index (κ2) is 34.6. The van der Waals surface area contributed by atoms with Gasteiger partial charge in [0.1, 0.15) is 6.61 Å². The average molecular weight is 716 g/mol. The van der Waals surface area contributed by atoms with Crippen LogP contribution < -0.4 is 5.73 Å². The molecule has 0 bridgehead atoms. The van der Waals surface area contributed by atoms with E-state index in [1.54, 1.807) is 6.08 Å². The second-order valence-electron chi connectivity index (χ2n) is 12.6. The predicted octanol–water partition coefficient (Wildman–Crippen LogP) is 9.19. The van der Waals surface area contributed by atoms with Gasteiger partial charge in [-0.2, -0.15) is 0 Å². The first-order valence-corrected chi connectivity index (χ1v) is 20.6. The minimum Gasteiger partial charge on any atom is -0.462 e. The van der Waals surface area contributed by atoms with Crippen LogP contribution in [0.3, 0.4) is 0 Å². The van der Waals surface area contributed by atoms with Crippen LogP contribution in [0.25, 0.3) is 0 Å². The normalized spacial score (nSPS) is 14.5. The highest BCUT2D eigenvalue weighted by Gasteiger charge is 2.26. The maximum Gasteiger partial charge on any atom is 0.472 e. The molecule has 0 amide bonds. The average Bonchev–Trinajstić information content (AvgIpc) is 3.08. The van der Waals surface area contributed by atoms with Crippen LogP contribution in [0.2, 0.25) is 0 Å². The Labute approximate surface area is 297 Å². The van der Waals surface area contributed by atoms with Gasteiger partial charge in [-0.1, -0.05) is 147 Å². The van der Waals surface area contributed by atoms with Gasteiger partial charge in [0.05, 0.1) is 19.3 Å². The number of hydrogen-bond acceptors (Lipinski definition) is 9. The minimum absolute atomic E-state index is 0.0394. The number of ether oxygens (including phenoxy) is 2. The molecule has 0 heterocycles. The fourth-order valence-corrected chi connectivity index (χ4v) is 5.82. The second-order valence-corrected chi connectivity index (χ2v) is 14.1. The highest BCUT2D eigenvalue weighted by molar-refractivity contribution is 7.47. The van der Waals surface area contributed by atoms with Crippen molar-refractivity contribution in [2.24, 2.45) is 5.73 Å². The Morgan fingerprint density at radius 1 is 0.714 bits per heavy atom. The van der Waals surface area contributed by atoms with Crippen LogP contribution in [-0.2, 0) is 32.7 Å². The van der Waals surface area contributed by atoms with Crippen LogP contribution in [0.4, 0.5) is 0 Å². The van der Waals surface area contributed by atoms with E-state index in [2.05, 4.69) is 32.1 Å². The third-order valence-electron chi connectivity index (χ3n) is 7.89. The van der Waals surface area contributed by atoms with Gasteiger partial charge in [0, 0.05) is 19.4 Å². The molecule has 0 fully saturated rings. The third-order valence-corrected chi connectivity index (χ3v) is 8.88. The summed E-state index contributed by atoms with van der Waals surface area (Å²) in [6, 6.07) is 0. The molecule has 0 saturated heterocycles. The molecule has 286 valence electrons. The van der Waals surface area contributed by atoms with Crippen molar-refractivity contribution in [1.82, 2.24) is 0 Å². The summed E-state index contributed by atoms with van der Waals surface area (Å²) in [5, 5.41) is 10.1. The molecule has 11 heteroatoms. The van der Waals surface area contributed by atoms with Crippen LogP contribution in [0.15, 0.2) is 36.5 Å². The molecule has 0 aromatic rings. The molecular formula is C38H70NO9P. The molecular weight excluding hydrogens is 645 g/mol. The molecule has 0 aliphatic rings. The largest absolute Gasteiger partial charge is 0.472 e. The van der Waals surface area contributed by atoms with E-state index in [9.17, 15) is 24.2 Å². The number of hydrogen-bond donors (Lipinski definition) is 3. The summed E-state index contributed by atoms with van der Waals surface area (Å²) in [6.07, 6.45) is 32.0. The Kier molecular flexibility index (Phi) is 33.4. The molecule has 3 atom stereocenters. The molecule has 0 aliphatic heterocycles. The van der Waals surface area contributed by atoms with Crippen LogP contribution in [-0.4, -0.2) is 60.5 Å². The Bertz CT molecular complexity index is 925. The number of phosphoric acid groups is 1. The number of rotatable bonds is 35. The van der Waals surface area contributed by atoms with Crippen molar-refractivity contribution in [2.45, 2.75) is 167 Å². The Balaban J connectivity index is 4.31. The number of aliphatic hydroxyl groups is 1. The van der Waals surface area contributed by atoms with Crippen LogP contribution in [0.1, 0.15) is 155 Å². The zero-order valence-corrected chi connectivity index (χ0v) is 31.7.